The first-order valence-electron chi connectivity index (χ1n) is 5.15. The van der Waals surface area contributed by atoms with Gasteiger partial charge in [-0.3, -0.25) is 14.5 Å². The Bertz CT molecular complexity index is 269. The highest BCUT2D eigenvalue weighted by molar-refractivity contribution is 8.22. The molecule has 0 radical (unpaired) electrons. The first-order chi connectivity index (χ1) is 7.49. The van der Waals surface area contributed by atoms with Gasteiger partial charge in [0.1, 0.15) is 4.32 Å². The van der Waals surface area contributed by atoms with Crippen molar-refractivity contribution in [2.45, 2.75) is 33.1 Å². The molecule has 0 rings (SSSR count). The summed E-state index contributed by atoms with van der Waals surface area (Å²) in [6.07, 6.45) is 1.95. The van der Waals surface area contributed by atoms with E-state index in [0.717, 1.165) is 12.8 Å². The Morgan fingerprint density at radius 3 is 2.50 bits per heavy atom. The lowest BCUT2D eigenvalue weighted by Crippen LogP contribution is -2.33. The predicted molar refractivity (Wildman–Crippen MR) is 69.6 cm³/mol. The van der Waals surface area contributed by atoms with Crippen molar-refractivity contribution >= 4 is 40.2 Å². The number of hydrogen-bond donors (Lipinski definition) is 1. The number of hydrogen-bond acceptors (Lipinski definition) is 4. The number of nitrogens with zero attached hydrogens (tertiary/aromatic N) is 1. The maximum absolute atomic E-state index is 11.3. The van der Waals surface area contributed by atoms with E-state index in [1.807, 2.05) is 6.92 Å². The van der Waals surface area contributed by atoms with Crippen LogP contribution in [0.4, 0.5) is 0 Å². The van der Waals surface area contributed by atoms with Crippen LogP contribution in [0.1, 0.15) is 33.1 Å². The van der Waals surface area contributed by atoms with Gasteiger partial charge in [-0.2, -0.15) is 0 Å². The van der Waals surface area contributed by atoms with Gasteiger partial charge in [0.25, 0.3) is 0 Å². The highest BCUT2D eigenvalue weighted by Crippen LogP contribution is 2.12. The van der Waals surface area contributed by atoms with Crippen LogP contribution in [-0.4, -0.2) is 38.5 Å². The molecule has 1 N–H and O–H groups in total. The number of carbonyl (C=O) groups excluding carboxylic acids is 1. The molecule has 0 saturated heterocycles. The highest BCUT2D eigenvalue weighted by atomic mass is 32.2. The molecule has 0 saturated carbocycles. The van der Waals surface area contributed by atoms with E-state index in [1.54, 1.807) is 0 Å². The van der Waals surface area contributed by atoms with Gasteiger partial charge in [0.2, 0.25) is 5.91 Å². The number of carboxylic acids is 1. The topological polar surface area (TPSA) is 57.6 Å². The number of thioether (sulfide) groups is 1. The Hall–Kier alpha value is -0.620. The monoisotopic (exact) mass is 263 g/mol. The minimum atomic E-state index is -0.849. The van der Waals surface area contributed by atoms with Gasteiger partial charge in [-0.1, -0.05) is 37.3 Å². The Labute approximate surface area is 105 Å². The SMILES string of the molecule is CCCCN(C(C)=O)C(=S)SCCC(=O)O. The fraction of sp³-hybridized carbons (Fsp3) is 0.700. The van der Waals surface area contributed by atoms with Gasteiger partial charge in [-0.25, -0.2) is 0 Å². The van der Waals surface area contributed by atoms with Crippen molar-refractivity contribution in [3.63, 3.8) is 0 Å². The zero-order valence-electron chi connectivity index (χ0n) is 9.56. The van der Waals surface area contributed by atoms with E-state index in [2.05, 4.69) is 0 Å². The molecule has 0 heterocycles. The van der Waals surface area contributed by atoms with Crippen molar-refractivity contribution in [1.29, 1.82) is 0 Å². The average molecular weight is 263 g/mol. The molecule has 6 heteroatoms. The van der Waals surface area contributed by atoms with Gasteiger partial charge in [0.05, 0.1) is 6.42 Å². The number of carboxylic acid groups (broad SMARTS) is 1. The van der Waals surface area contributed by atoms with Gasteiger partial charge in [0.15, 0.2) is 0 Å². The molecule has 0 aliphatic rings. The molecule has 0 aromatic carbocycles. The van der Waals surface area contributed by atoms with E-state index in [1.165, 1.54) is 23.6 Å². The minimum Gasteiger partial charge on any atom is -0.481 e. The quantitative estimate of drug-likeness (QED) is 0.744. The average Bonchev–Trinajstić information content (AvgIpc) is 2.17. The van der Waals surface area contributed by atoms with Crippen molar-refractivity contribution in [3.8, 4) is 0 Å². The van der Waals surface area contributed by atoms with E-state index in [9.17, 15) is 9.59 Å². The Morgan fingerprint density at radius 2 is 2.06 bits per heavy atom. The van der Waals surface area contributed by atoms with Gasteiger partial charge in [-0.05, 0) is 6.42 Å². The fourth-order valence-electron chi connectivity index (χ4n) is 0.997. The number of thiocarbonyl (C=S) groups is 1. The Morgan fingerprint density at radius 1 is 1.44 bits per heavy atom. The second kappa shape index (κ2) is 8.52. The third-order valence-corrected chi connectivity index (χ3v) is 3.33. The Kier molecular flexibility index (Phi) is 8.19. The lowest BCUT2D eigenvalue weighted by atomic mass is 10.3. The molecular formula is C10H17NO3S2. The summed E-state index contributed by atoms with van der Waals surface area (Å²) in [5, 5.41) is 8.48. The van der Waals surface area contributed by atoms with E-state index in [4.69, 9.17) is 17.3 Å². The highest BCUT2D eigenvalue weighted by Gasteiger charge is 2.14. The fourth-order valence-corrected chi connectivity index (χ4v) is 2.29. The molecule has 4 nitrogen and oxygen atoms in total. The molecule has 1 amide bonds. The number of aliphatic carboxylic acids is 1. The van der Waals surface area contributed by atoms with Crippen LogP contribution in [-0.2, 0) is 9.59 Å². The van der Waals surface area contributed by atoms with Crippen LogP contribution >= 0.6 is 24.0 Å². The molecule has 0 spiro atoms. The lowest BCUT2D eigenvalue weighted by molar-refractivity contribution is -0.136. The second-order valence-corrected chi connectivity index (χ2v) is 5.01. The third kappa shape index (κ3) is 6.79. The summed E-state index contributed by atoms with van der Waals surface area (Å²) in [6, 6.07) is 0. The molecule has 0 bridgehead atoms. The molecule has 0 aromatic heterocycles. The lowest BCUT2D eigenvalue weighted by Gasteiger charge is -2.20. The van der Waals surface area contributed by atoms with Gasteiger partial charge < -0.3 is 5.11 Å². The first kappa shape index (κ1) is 15.4. The van der Waals surface area contributed by atoms with Crippen LogP contribution in [0, 0.1) is 0 Å². The van der Waals surface area contributed by atoms with Gasteiger partial charge in [-0.15, -0.1) is 0 Å². The molecule has 92 valence electrons. The minimum absolute atomic E-state index is 0.0599. The van der Waals surface area contributed by atoms with Gasteiger partial charge in [0, 0.05) is 19.2 Å². The number of amides is 1. The van der Waals surface area contributed by atoms with Crippen LogP contribution in [0.5, 0.6) is 0 Å². The van der Waals surface area contributed by atoms with Crippen molar-refractivity contribution < 1.29 is 14.7 Å². The van der Waals surface area contributed by atoms with E-state index < -0.39 is 5.97 Å². The third-order valence-electron chi connectivity index (χ3n) is 1.88. The van der Waals surface area contributed by atoms with Crippen LogP contribution < -0.4 is 0 Å². The summed E-state index contributed by atoms with van der Waals surface area (Å²) in [4.78, 5) is 23.1. The van der Waals surface area contributed by atoms with Crippen molar-refractivity contribution in [2.75, 3.05) is 12.3 Å². The number of unbranched alkanes of at least 4 members (excludes halogenated alkanes) is 1. The summed E-state index contributed by atoms with van der Waals surface area (Å²) < 4.78 is 0.474. The Balaban J connectivity index is 4.06. The number of rotatable bonds is 6. The van der Waals surface area contributed by atoms with Crippen molar-refractivity contribution in [3.05, 3.63) is 0 Å². The maximum Gasteiger partial charge on any atom is 0.304 e. The van der Waals surface area contributed by atoms with E-state index in [0.29, 0.717) is 16.6 Å². The standard InChI is InChI=1S/C10H17NO3S2/c1-3-4-6-11(8(2)12)10(15)16-7-5-9(13)14/h3-7H2,1-2H3,(H,13,14). The summed E-state index contributed by atoms with van der Waals surface area (Å²) in [7, 11) is 0. The smallest absolute Gasteiger partial charge is 0.304 e. The summed E-state index contributed by atoms with van der Waals surface area (Å²) in [5.74, 6) is -0.524. The van der Waals surface area contributed by atoms with Crippen molar-refractivity contribution in [1.82, 2.24) is 4.90 Å². The molecular weight excluding hydrogens is 246 g/mol. The van der Waals surface area contributed by atoms with E-state index >= 15 is 0 Å². The van der Waals surface area contributed by atoms with Crippen LogP contribution in [0.25, 0.3) is 0 Å². The predicted octanol–water partition coefficient (Wildman–Crippen LogP) is 2.13. The molecule has 0 unspecified atom stereocenters. The molecule has 0 aromatic rings. The van der Waals surface area contributed by atoms with Gasteiger partial charge >= 0.3 is 5.97 Å². The van der Waals surface area contributed by atoms with Crippen LogP contribution in [0.3, 0.4) is 0 Å². The summed E-state index contributed by atoms with van der Waals surface area (Å²) >= 11 is 6.34. The summed E-state index contributed by atoms with van der Waals surface area (Å²) in [6.45, 7) is 4.13. The molecule has 0 aliphatic heterocycles. The van der Waals surface area contributed by atoms with E-state index in [-0.39, 0.29) is 12.3 Å². The molecule has 0 atom stereocenters. The first-order valence-corrected chi connectivity index (χ1v) is 6.55. The largest absolute Gasteiger partial charge is 0.481 e. The van der Waals surface area contributed by atoms with Crippen LogP contribution in [0.15, 0.2) is 0 Å². The molecule has 16 heavy (non-hydrogen) atoms. The van der Waals surface area contributed by atoms with Crippen LogP contribution in [0.2, 0.25) is 0 Å². The zero-order valence-corrected chi connectivity index (χ0v) is 11.2. The second-order valence-electron chi connectivity index (χ2n) is 3.28. The maximum atomic E-state index is 11.3. The van der Waals surface area contributed by atoms with Crippen molar-refractivity contribution in [2.24, 2.45) is 0 Å². The normalized spacial score (nSPS) is 9.88. The zero-order chi connectivity index (χ0) is 12.6. The molecule has 0 fully saturated rings. The number of carbonyl (C=O) groups is 2. The molecule has 0 aliphatic carbocycles. The summed E-state index contributed by atoms with van der Waals surface area (Å²) in [5.41, 5.74) is 0.